The molecular formula is C19H21N5O2. The Morgan fingerprint density at radius 1 is 1.23 bits per heavy atom. The third kappa shape index (κ3) is 3.01. The van der Waals surface area contributed by atoms with Crippen molar-refractivity contribution in [2.24, 2.45) is 7.05 Å². The van der Waals surface area contributed by atoms with E-state index in [0.29, 0.717) is 23.1 Å². The van der Waals surface area contributed by atoms with Gasteiger partial charge in [0.15, 0.2) is 0 Å². The molecule has 0 radical (unpaired) electrons. The molecule has 0 amide bonds. The summed E-state index contributed by atoms with van der Waals surface area (Å²) in [6, 6.07) is 6.70. The van der Waals surface area contributed by atoms with Crippen LogP contribution < -0.4 is 16.4 Å². The molecule has 26 heavy (non-hydrogen) atoms. The molecule has 2 heterocycles. The summed E-state index contributed by atoms with van der Waals surface area (Å²) in [6.07, 6.45) is 6.23. The van der Waals surface area contributed by atoms with Crippen LogP contribution in [0, 0.1) is 0 Å². The lowest BCUT2D eigenvalue weighted by Gasteiger charge is -2.17. The predicted octanol–water partition coefficient (Wildman–Crippen LogP) is 3.18. The maximum Gasteiger partial charge on any atom is 0.252 e. The van der Waals surface area contributed by atoms with E-state index >= 15 is 0 Å². The van der Waals surface area contributed by atoms with Gasteiger partial charge in [-0.1, -0.05) is 0 Å². The highest BCUT2D eigenvalue weighted by Gasteiger charge is 2.24. The van der Waals surface area contributed by atoms with Crippen LogP contribution in [-0.4, -0.2) is 19.7 Å². The van der Waals surface area contributed by atoms with Crippen molar-refractivity contribution in [2.75, 3.05) is 10.8 Å². The van der Waals surface area contributed by atoms with Gasteiger partial charge in [0.05, 0.1) is 17.2 Å². The van der Waals surface area contributed by atoms with Crippen molar-refractivity contribution in [3.63, 3.8) is 0 Å². The second kappa shape index (κ2) is 6.42. The lowest BCUT2D eigenvalue weighted by molar-refractivity contribution is 0.389. The first kappa shape index (κ1) is 16.5. The molecular weight excluding hydrogens is 330 g/mol. The van der Waals surface area contributed by atoms with Gasteiger partial charge in [0.1, 0.15) is 5.82 Å². The van der Waals surface area contributed by atoms with Gasteiger partial charge in [0.2, 0.25) is 0 Å². The number of rotatable bonds is 5. The van der Waals surface area contributed by atoms with E-state index in [9.17, 15) is 10.0 Å². The highest BCUT2D eigenvalue weighted by atomic mass is 16.5. The molecule has 0 saturated heterocycles. The molecule has 3 N–H and O–H groups in total. The molecule has 1 aliphatic carbocycles. The van der Waals surface area contributed by atoms with Crippen molar-refractivity contribution < 1.29 is 5.21 Å². The summed E-state index contributed by atoms with van der Waals surface area (Å²) < 4.78 is 1.58. The molecule has 134 valence electrons. The summed E-state index contributed by atoms with van der Waals surface area (Å²) >= 11 is 0. The number of hydrogen-bond acceptors (Lipinski definition) is 6. The van der Waals surface area contributed by atoms with E-state index < -0.39 is 0 Å². The van der Waals surface area contributed by atoms with E-state index in [1.54, 1.807) is 35.9 Å². The summed E-state index contributed by atoms with van der Waals surface area (Å²) in [5, 5.41) is 13.4. The number of nitrogens with one attached hydrogen (secondary N) is 2. The van der Waals surface area contributed by atoms with E-state index in [0.717, 1.165) is 10.9 Å². The Morgan fingerprint density at radius 2 is 1.96 bits per heavy atom. The fourth-order valence-electron chi connectivity index (χ4n) is 3.15. The van der Waals surface area contributed by atoms with Crippen molar-refractivity contribution in [3.8, 4) is 0 Å². The molecule has 1 aliphatic rings. The zero-order valence-electron chi connectivity index (χ0n) is 14.7. The summed E-state index contributed by atoms with van der Waals surface area (Å²) in [7, 11) is 1.73. The van der Waals surface area contributed by atoms with E-state index in [4.69, 9.17) is 0 Å². The van der Waals surface area contributed by atoms with Crippen LogP contribution >= 0.6 is 0 Å². The molecule has 1 unspecified atom stereocenters. The predicted molar refractivity (Wildman–Crippen MR) is 101 cm³/mol. The second-order valence-electron chi connectivity index (χ2n) is 6.81. The van der Waals surface area contributed by atoms with Crippen LogP contribution in [0.1, 0.15) is 43.1 Å². The minimum Gasteiger partial charge on any atom is -0.375 e. The molecule has 0 bridgehead atoms. The second-order valence-corrected chi connectivity index (χ2v) is 6.81. The van der Waals surface area contributed by atoms with Crippen molar-refractivity contribution in [1.82, 2.24) is 14.5 Å². The SMILES string of the molecule is CC(Nc1cc(=O)n(C)c2ccc(NO)cc12)c1ncc(C2CC2)cn1. The first-order valence-electron chi connectivity index (χ1n) is 8.69. The van der Waals surface area contributed by atoms with Gasteiger partial charge in [0.25, 0.3) is 5.56 Å². The van der Waals surface area contributed by atoms with Gasteiger partial charge in [-0.25, -0.2) is 9.97 Å². The van der Waals surface area contributed by atoms with Crippen molar-refractivity contribution in [3.05, 3.63) is 58.4 Å². The number of fused-ring (bicyclic) bond motifs is 1. The lowest BCUT2D eigenvalue weighted by atomic mass is 10.1. The van der Waals surface area contributed by atoms with Crippen LogP contribution in [0.3, 0.4) is 0 Å². The molecule has 1 atom stereocenters. The summed E-state index contributed by atoms with van der Waals surface area (Å²) in [6.45, 7) is 1.96. The smallest absolute Gasteiger partial charge is 0.252 e. The van der Waals surface area contributed by atoms with Crippen LogP contribution in [0.4, 0.5) is 11.4 Å². The number of nitrogens with zero attached hydrogens (tertiary/aromatic N) is 3. The zero-order chi connectivity index (χ0) is 18.3. The Kier molecular flexibility index (Phi) is 4.08. The Labute approximate surface area is 150 Å². The average molecular weight is 351 g/mol. The Morgan fingerprint density at radius 3 is 2.62 bits per heavy atom. The minimum atomic E-state index is -0.163. The van der Waals surface area contributed by atoms with Gasteiger partial charge in [-0.3, -0.25) is 15.5 Å². The Balaban J connectivity index is 1.68. The summed E-state index contributed by atoms with van der Waals surface area (Å²) in [5.74, 6) is 1.30. The molecule has 7 nitrogen and oxygen atoms in total. The fraction of sp³-hybridized carbons (Fsp3) is 0.316. The number of anilines is 2. The monoisotopic (exact) mass is 351 g/mol. The third-order valence-corrected chi connectivity index (χ3v) is 4.88. The van der Waals surface area contributed by atoms with Crippen LogP contribution in [0.2, 0.25) is 0 Å². The summed E-state index contributed by atoms with van der Waals surface area (Å²) in [5.41, 5.74) is 5.24. The lowest BCUT2D eigenvalue weighted by Crippen LogP contribution is -2.19. The normalized spacial score (nSPS) is 15.0. The zero-order valence-corrected chi connectivity index (χ0v) is 14.7. The van der Waals surface area contributed by atoms with Gasteiger partial charge < -0.3 is 9.88 Å². The van der Waals surface area contributed by atoms with E-state index in [1.165, 1.54) is 18.4 Å². The van der Waals surface area contributed by atoms with Crippen LogP contribution in [0.5, 0.6) is 0 Å². The maximum absolute atomic E-state index is 12.3. The third-order valence-electron chi connectivity index (χ3n) is 4.88. The molecule has 0 spiro atoms. The molecule has 1 fully saturated rings. The number of hydrogen-bond donors (Lipinski definition) is 3. The standard InChI is InChI=1S/C19H21N5O2/c1-11(19-20-9-13(10-21-19)12-3-4-12)22-16-8-18(25)24(2)17-6-5-14(23-26)7-15(16)17/h5-12,22-23,26H,3-4H2,1-2H3. The van der Waals surface area contributed by atoms with Gasteiger partial charge in [-0.2, -0.15) is 0 Å². The fourth-order valence-corrected chi connectivity index (χ4v) is 3.15. The highest BCUT2D eigenvalue weighted by Crippen LogP contribution is 2.39. The van der Waals surface area contributed by atoms with Gasteiger partial charge in [-0.15, -0.1) is 0 Å². The number of aromatic nitrogens is 3. The average Bonchev–Trinajstić information content (AvgIpc) is 3.51. The molecule has 2 aromatic heterocycles. The molecule has 1 saturated carbocycles. The van der Waals surface area contributed by atoms with Gasteiger partial charge in [0, 0.05) is 36.6 Å². The number of benzene rings is 1. The number of pyridine rings is 1. The van der Waals surface area contributed by atoms with Gasteiger partial charge >= 0.3 is 0 Å². The quantitative estimate of drug-likeness (QED) is 0.612. The van der Waals surface area contributed by atoms with Crippen LogP contribution in [-0.2, 0) is 7.05 Å². The first-order valence-corrected chi connectivity index (χ1v) is 8.69. The van der Waals surface area contributed by atoms with E-state index in [-0.39, 0.29) is 11.6 Å². The largest absolute Gasteiger partial charge is 0.375 e. The molecule has 1 aromatic carbocycles. The Hall–Kier alpha value is -2.93. The highest BCUT2D eigenvalue weighted by molar-refractivity contribution is 5.93. The van der Waals surface area contributed by atoms with E-state index in [2.05, 4.69) is 20.8 Å². The van der Waals surface area contributed by atoms with Crippen LogP contribution in [0.15, 0.2) is 41.5 Å². The molecule has 3 aromatic rings. The van der Waals surface area contributed by atoms with Gasteiger partial charge in [-0.05, 0) is 49.4 Å². The van der Waals surface area contributed by atoms with Crippen molar-refractivity contribution >= 4 is 22.3 Å². The first-order chi connectivity index (χ1) is 12.6. The molecule has 4 rings (SSSR count). The minimum absolute atomic E-state index is 0.109. The van der Waals surface area contributed by atoms with Crippen molar-refractivity contribution in [2.45, 2.75) is 31.7 Å². The molecule has 0 aliphatic heterocycles. The van der Waals surface area contributed by atoms with Crippen molar-refractivity contribution in [1.29, 1.82) is 0 Å². The topological polar surface area (TPSA) is 92.1 Å². The van der Waals surface area contributed by atoms with Crippen LogP contribution in [0.25, 0.3) is 10.9 Å². The Bertz CT molecular complexity index is 1010. The van der Waals surface area contributed by atoms with E-state index in [1.807, 2.05) is 19.3 Å². The maximum atomic E-state index is 12.3. The number of aryl methyl sites for hydroxylation is 1. The summed E-state index contributed by atoms with van der Waals surface area (Å²) in [4.78, 5) is 21.2. The molecule has 7 heteroatoms.